The summed E-state index contributed by atoms with van der Waals surface area (Å²) in [5.41, 5.74) is 0.565. The molecule has 4 atom stereocenters. The Hall–Kier alpha value is -1.52. The number of ether oxygens (including phenoxy) is 1. The van der Waals surface area contributed by atoms with Crippen molar-refractivity contribution in [1.82, 2.24) is 0 Å². The lowest BCUT2D eigenvalue weighted by Gasteiger charge is -2.42. The maximum absolute atomic E-state index is 14.1. The number of hydrogen-bond donors (Lipinski definition) is 0. The highest BCUT2D eigenvalue weighted by atomic mass is 19.3. The molecule has 0 amide bonds. The summed E-state index contributed by atoms with van der Waals surface area (Å²) in [6.45, 7) is -1.06. The third-order valence-corrected chi connectivity index (χ3v) is 6.22. The van der Waals surface area contributed by atoms with Crippen LogP contribution < -0.4 is 4.74 Å². The predicted molar refractivity (Wildman–Crippen MR) is 98.0 cm³/mol. The standard InChI is InChI=1S/C22H28F4O/c1-2-3-4-5-14-6-7-16-11-17(9-8-15(16)10-14)18-12-19(23)21(20(24)13-18)27-22(25)26/h4-5,12-17,22H,2-3,6-11H2,1H3/t14-,15-,16-,17?/m1/s1. The van der Waals surface area contributed by atoms with Crippen molar-refractivity contribution in [2.24, 2.45) is 17.8 Å². The van der Waals surface area contributed by atoms with Gasteiger partial charge in [0.15, 0.2) is 17.4 Å². The summed E-state index contributed by atoms with van der Waals surface area (Å²) < 4.78 is 56.7. The molecule has 0 saturated heterocycles. The van der Waals surface area contributed by atoms with E-state index in [9.17, 15) is 17.6 Å². The molecule has 2 saturated carbocycles. The van der Waals surface area contributed by atoms with Gasteiger partial charge in [-0.05, 0) is 86.3 Å². The van der Waals surface area contributed by atoms with Gasteiger partial charge in [-0.15, -0.1) is 0 Å². The van der Waals surface area contributed by atoms with Crippen LogP contribution in [-0.4, -0.2) is 6.61 Å². The lowest BCUT2D eigenvalue weighted by molar-refractivity contribution is -0.0546. The second-order valence-corrected chi connectivity index (χ2v) is 8.01. The molecule has 0 heterocycles. The molecule has 3 rings (SSSR count). The molecule has 27 heavy (non-hydrogen) atoms. The van der Waals surface area contributed by atoms with Crippen LogP contribution in [0.25, 0.3) is 0 Å². The van der Waals surface area contributed by atoms with E-state index in [2.05, 4.69) is 23.8 Å². The number of benzene rings is 1. The van der Waals surface area contributed by atoms with Crippen molar-refractivity contribution in [3.05, 3.63) is 41.5 Å². The summed E-state index contributed by atoms with van der Waals surface area (Å²) in [5, 5.41) is 0. The Morgan fingerprint density at radius 1 is 1.04 bits per heavy atom. The van der Waals surface area contributed by atoms with Crippen molar-refractivity contribution < 1.29 is 22.3 Å². The minimum Gasteiger partial charge on any atom is -0.429 e. The van der Waals surface area contributed by atoms with Crippen LogP contribution in [0.3, 0.4) is 0 Å². The van der Waals surface area contributed by atoms with E-state index in [1.807, 2.05) is 0 Å². The Morgan fingerprint density at radius 2 is 1.70 bits per heavy atom. The lowest BCUT2D eigenvalue weighted by Crippen LogP contribution is -2.30. The van der Waals surface area contributed by atoms with E-state index >= 15 is 0 Å². The van der Waals surface area contributed by atoms with Crippen LogP contribution in [0.15, 0.2) is 24.3 Å². The van der Waals surface area contributed by atoms with Gasteiger partial charge in [-0.25, -0.2) is 8.78 Å². The molecule has 2 aliphatic rings. The van der Waals surface area contributed by atoms with Crippen LogP contribution in [-0.2, 0) is 0 Å². The minimum absolute atomic E-state index is 0.0861. The van der Waals surface area contributed by atoms with Crippen molar-refractivity contribution in [3.8, 4) is 5.75 Å². The van der Waals surface area contributed by atoms with Crippen molar-refractivity contribution in [3.63, 3.8) is 0 Å². The number of unbranched alkanes of at least 4 members (excludes halogenated alkanes) is 1. The molecule has 2 aliphatic carbocycles. The summed E-state index contributed by atoms with van der Waals surface area (Å²) in [5.74, 6) is -1.06. The van der Waals surface area contributed by atoms with E-state index in [4.69, 9.17) is 0 Å². The van der Waals surface area contributed by atoms with Crippen molar-refractivity contribution in [2.45, 2.75) is 70.8 Å². The molecule has 1 unspecified atom stereocenters. The van der Waals surface area contributed by atoms with Crippen LogP contribution in [0, 0.1) is 29.4 Å². The van der Waals surface area contributed by atoms with Crippen LogP contribution >= 0.6 is 0 Å². The molecule has 0 spiro atoms. The second-order valence-electron chi connectivity index (χ2n) is 8.01. The highest BCUT2D eigenvalue weighted by Crippen LogP contribution is 2.48. The first-order valence-electron chi connectivity index (χ1n) is 10.1. The molecule has 1 aromatic carbocycles. The van der Waals surface area contributed by atoms with Crippen molar-refractivity contribution in [2.75, 3.05) is 0 Å². The first-order valence-corrected chi connectivity index (χ1v) is 10.1. The van der Waals surface area contributed by atoms with Crippen LogP contribution in [0.2, 0.25) is 0 Å². The number of hydrogen-bond acceptors (Lipinski definition) is 1. The maximum atomic E-state index is 14.1. The Morgan fingerprint density at radius 3 is 2.37 bits per heavy atom. The normalized spacial score (nSPS) is 28.5. The SMILES string of the molecule is CCCC=C[C@@H]1CC[C@@H]2CC(c3cc(F)c(OC(F)F)c(F)c3)CC[C@@H]2C1. The number of fused-ring (bicyclic) bond motifs is 1. The summed E-state index contributed by atoms with van der Waals surface area (Å²) in [6.07, 6.45) is 13.4. The number of rotatable bonds is 6. The van der Waals surface area contributed by atoms with Gasteiger partial charge >= 0.3 is 6.61 Å². The third-order valence-electron chi connectivity index (χ3n) is 6.22. The summed E-state index contributed by atoms with van der Waals surface area (Å²) in [4.78, 5) is 0. The van der Waals surface area contributed by atoms with E-state index < -0.39 is 24.0 Å². The zero-order valence-electron chi connectivity index (χ0n) is 15.8. The molecule has 0 bridgehead atoms. The van der Waals surface area contributed by atoms with Gasteiger partial charge in [0.05, 0.1) is 0 Å². The maximum Gasteiger partial charge on any atom is 0.387 e. The van der Waals surface area contributed by atoms with Crippen LogP contribution in [0.5, 0.6) is 5.75 Å². The zero-order valence-corrected chi connectivity index (χ0v) is 15.8. The Bertz CT molecular complexity index is 635. The van der Waals surface area contributed by atoms with Gasteiger partial charge in [-0.3, -0.25) is 0 Å². The summed E-state index contributed by atoms with van der Waals surface area (Å²) in [7, 11) is 0. The van der Waals surface area contributed by atoms with Gasteiger partial charge in [0.25, 0.3) is 0 Å². The fourth-order valence-electron chi connectivity index (χ4n) is 4.88. The summed E-state index contributed by atoms with van der Waals surface area (Å²) >= 11 is 0. The number of alkyl halides is 2. The topological polar surface area (TPSA) is 9.23 Å². The van der Waals surface area contributed by atoms with Crippen molar-refractivity contribution >= 4 is 0 Å². The summed E-state index contributed by atoms with van der Waals surface area (Å²) in [6, 6.07) is 2.34. The molecular weight excluding hydrogens is 356 g/mol. The Balaban J connectivity index is 1.63. The van der Waals surface area contributed by atoms with Gasteiger partial charge in [0, 0.05) is 0 Å². The number of allylic oxidation sites excluding steroid dienone is 2. The van der Waals surface area contributed by atoms with Crippen LogP contribution in [0.1, 0.15) is 69.8 Å². The highest BCUT2D eigenvalue weighted by Gasteiger charge is 2.35. The average Bonchev–Trinajstić information content (AvgIpc) is 2.64. The zero-order chi connectivity index (χ0) is 19.4. The van der Waals surface area contributed by atoms with E-state index in [0.717, 1.165) is 32.1 Å². The first kappa shape index (κ1) is 20.2. The van der Waals surface area contributed by atoms with Gasteiger partial charge in [0.2, 0.25) is 0 Å². The predicted octanol–water partition coefficient (Wildman–Crippen LogP) is 7.22. The van der Waals surface area contributed by atoms with E-state index in [-0.39, 0.29) is 5.92 Å². The second kappa shape index (κ2) is 9.11. The van der Waals surface area contributed by atoms with E-state index in [1.54, 1.807) is 0 Å². The molecule has 0 N–H and O–H groups in total. The fourth-order valence-corrected chi connectivity index (χ4v) is 4.88. The van der Waals surface area contributed by atoms with E-state index in [1.165, 1.54) is 31.4 Å². The van der Waals surface area contributed by atoms with E-state index in [0.29, 0.717) is 23.3 Å². The van der Waals surface area contributed by atoms with Gasteiger partial charge in [-0.2, -0.15) is 8.78 Å². The fraction of sp³-hybridized carbons (Fsp3) is 0.636. The molecule has 150 valence electrons. The quantitative estimate of drug-likeness (QED) is 0.371. The third kappa shape index (κ3) is 5.05. The molecule has 0 radical (unpaired) electrons. The molecule has 5 heteroatoms. The van der Waals surface area contributed by atoms with Gasteiger partial charge in [-0.1, -0.05) is 25.5 Å². The largest absolute Gasteiger partial charge is 0.429 e. The average molecular weight is 384 g/mol. The first-order chi connectivity index (χ1) is 13.0. The molecule has 2 fully saturated rings. The molecule has 0 aliphatic heterocycles. The van der Waals surface area contributed by atoms with Crippen LogP contribution in [0.4, 0.5) is 17.6 Å². The Kier molecular flexibility index (Phi) is 6.83. The highest BCUT2D eigenvalue weighted by molar-refractivity contribution is 5.33. The molecule has 0 aromatic heterocycles. The van der Waals surface area contributed by atoms with Crippen molar-refractivity contribution in [1.29, 1.82) is 0 Å². The molecule has 1 aromatic rings. The molecular formula is C22H28F4O. The minimum atomic E-state index is -3.24. The smallest absolute Gasteiger partial charge is 0.387 e. The van der Waals surface area contributed by atoms with Gasteiger partial charge < -0.3 is 4.74 Å². The molecule has 1 nitrogen and oxygen atoms in total. The number of halogens is 4. The monoisotopic (exact) mass is 384 g/mol. The van der Waals surface area contributed by atoms with Gasteiger partial charge in [0.1, 0.15) is 0 Å². The Labute approximate surface area is 158 Å². The lowest BCUT2D eigenvalue weighted by atomic mass is 9.64.